The van der Waals surface area contributed by atoms with Gasteiger partial charge in [0.05, 0.1) is 0 Å². The molecule has 1 unspecified atom stereocenters. The van der Waals surface area contributed by atoms with Gasteiger partial charge >= 0.3 is 0 Å². The lowest BCUT2D eigenvalue weighted by Gasteiger charge is -2.36. The van der Waals surface area contributed by atoms with Crippen molar-refractivity contribution in [2.45, 2.75) is 53.0 Å². The molecule has 144 valence electrons. The number of aliphatic imine (C=N–C) groups is 1. The van der Waals surface area contributed by atoms with Crippen LogP contribution >= 0.6 is 35.7 Å². The summed E-state index contributed by atoms with van der Waals surface area (Å²) in [5, 5.41) is 4.15. The van der Waals surface area contributed by atoms with Crippen LogP contribution in [-0.2, 0) is 13.1 Å². The van der Waals surface area contributed by atoms with Gasteiger partial charge in [0.2, 0.25) is 0 Å². The van der Waals surface area contributed by atoms with Crippen molar-refractivity contribution < 1.29 is 0 Å². The molecule has 25 heavy (non-hydrogen) atoms. The van der Waals surface area contributed by atoms with Crippen LogP contribution in [0.5, 0.6) is 0 Å². The second-order valence-electron chi connectivity index (χ2n) is 7.16. The lowest BCUT2D eigenvalue weighted by atomic mass is 10.1. The number of rotatable bonds is 6. The SMILES string of the molecule is CCNC(=NCc1nccn1CC(C)C)N1CCSC(C(C)C)C1.I. The third-order valence-electron chi connectivity index (χ3n) is 4.21. The zero-order chi connectivity index (χ0) is 17.5. The summed E-state index contributed by atoms with van der Waals surface area (Å²) in [6.45, 7) is 15.9. The Balaban J connectivity index is 0.00000312. The maximum atomic E-state index is 4.88. The number of thioether (sulfide) groups is 1. The summed E-state index contributed by atoms with van der Waals surface area (Å²) in [6, 6.07) is 0. The zero-order valence-electron chi connectivity index (χ0n) is 16.2. The van der Waals surface area contributed by atoms with Crippen LogP contribution in [0.25, 0.3) is 0 Å². The van der Waals surface area contributed by atoms with Crippen molar-refractivity contribution in [1.29, 1.82) is 0 Å². The average molecular weight is 479 g/mol. The number of aromatic nitrogens is 2. The van der Waals surface area contributed by atoms with Gasteiger partial charge in [-0.1, -0.05) is 27.7 Å². The normalized spacial score (nSPS) is 18.6. The van der Waals surface area contributed by atoms with Crippen molar-refractivity contribution in [3.8, 4) is 0 Å². The van der Waals surface area contributed by atoms with E-state index in [9.17, 15) is 0 Å². The Kier molecular flexibility index (Phi) is 10.2. The fourth-order valence-corrected chi connectivity index (χ4v) is 4.19. The largest absolute Gasteiger partial charge is 0.357 e. The Bertz CT molecular complexity index is 529. The molecule has 2 heterocycles. The van der Waals surface area contributed by atoms with Crippen molar-refractivity contribution >= 4 is 41.7 Å². The van der Waals surface area contributed by atoms with E-state index in [2.05, 4.69) is 72.3 Å². The van der Waals surface area contributed by atoms with Gasteiger partial charge < -0.3 is 14.8 Å². The maximum Gasteiger partial charge on any atom is 0.194 e. The molecule has 0 spiro atoms. The first kappa shape index (κ1) is 22.6. The van der Waals surface area contributed by atoms with Gasteiger partial charge in [0.1, 0.15) is 12.4 Å². The van der Waals surface area contributed by atoms with Crippen molar-refractivity contribution in [2.75, 3.05) is 25.4 Å². The van der Waals surface area contributed by atoms with Crippen LogP contribution in [0.1, 0.15) is 40.4 Å². The van der Waals surface area contributed by atoms with Gasteiger partial charge in [-0.2, -0.15) is 11.8 Å². The van der Waals surface area contributed by atoms with Crippen molar-refractivity contribution in [3.63, 3.8) is 0 Å². The number of nitrogens with zero attached hydrogens (tertiary/aromatic N) is 4. The van der Waals surface area contributed by atoms with Gasteiger partial charge in [-0.25, -0.2) is 9.98 Å². The standard InChI is InChI=1S/C18H33N5S.HI/c1-6-19-18(23-9-10-24-16(13-23)15(4)5)21-11-17-20-7-8-22(17)12-14(2)3;/h7-8,14-16H,6,9-13H2,1-5H3,(H,19,21);1H. The maximum absolute atomic E-state index is 4.88. The molecular formula is C18H34IN5S. The molecule has 7 heteroatoms. The number of hydrogen-bond donors (Lipinski definition) is 1. The smallest absolute Gasteiger partial charge is 0.194 e. The van der Waals surface area contributed by atoms with Gasteiger partial charge in [0.15, 0.2) is 5.96 Å². The molecule has 1 aromatic heterocycles. The lowest BCUT2D eigenvalue weighted by Crippen LogP contribution is -2.49. The molecule has 1 aromatic rings. The Hall–Kier alpha value is -0.440. The molecule has 0 bridgehead atoms. The second-order valence-corrected chi connectivity index (χ2v) is 8.51. The van der Waals surface area contributed by atoms with Gasteiger partial charge in [0.25, 0.3) is 0 Å². The van der Waals surface area contributed by atoms with E-state index >= 15 is 0 Å². The van der Waals surface area contributed by atoms with Crippen molar-refractivity contribution in [1.82, 2.24) is 19.8 Å². The van der Waals surface area contributed by atoms with E-state index in [0.29, 0.717) is 23.6 Å². The molecule has 1 aliphatic rings. The molecule has 0 aliphatic carbocycles. The first-order chi connectivity index (χ1) is 11.5. The molecule has 1 fully saturated rings. The highest BCUT2D eigenvalue weighted by atomic mass is 127. The van der Waals surface area contributed by atoms with Crippen LogP contribution in [-0.4, -0.2) is 51.0 Å². The van der Waals surface area contributed by atoms with Gasteiger partial charge in [-0.3, -0.25) is 0 Å². The molecule has 1 aliphatic heterocycles. The van der Waals surface area contributed by atoms with Crippen LogP contribution < -0.4 is 5.32 Å². The van der Waals surface area contributed by atoms with E-state index in [4.69, 9.17) is 4.99 Å². The fraction of sp³-hybridized carbons (Fsp3) is 0.778. The van der Waals surface area contributed by atoms with Crippen molar-refractivity contribution in [3.05, 3.63) is 18.2 Å². The Labute approximate surface area is 174 Å². The van der Waals surface area contributed by atoms with E-state index in [-0.39, 0.29) is 24.0 Å². The monoisotopic (exact) mass is 479 g/mol. The molecule has 0 saturated carbocycles. The summed E-state index contributed by atoms with van der Waals surface area (Å²) in [6.07, 6.45) is 3.94. The zero-order valence-corrected chi connectivity index (χ0v) is 19.4. The quantitative estimate of drug-likeness (QED) is 0.384. The van der Waals surface area contributed by atoms with E-state index in [0.717, 1.165) is 38.0 Å². The predicted molar refractivity (Wildman–Crippen MR) is 120 cm³/mol. The summed E-state index contributed by atoms with van der Waals surface area (Å²) in [5.41, 5.74) is 0. The minimum atomic E-state index is 0. The summed E-state index contributed by atoms with van der Waals surface area (Å²) in [4.78, 5) is 11.8. The Morgan fingerprint density at radius 1 is 1.40 bits per heavy atom. The molecule has 1 saturated heterocycles. The number of hydrogen-bond acceptors (Lipinski definition) is 3. The van der Waals surface area contributed by atoms with Crippen LogP contribution in [0, 0.1) is 11.8 Å². The summed E-state index contributed by atoms with van der Waals surface area (Å²) in [5.74, 6) is 4.56. The topological polar surface area (TPSA) is 45.5 Å². The number of nitrogens with one attached hydrogen (secondary N) is 1. The lowest BCUT2D eigenvalue weighted by molar-refractivity contribution is 0.380. The minimum absolute atomic E-state index is 0. The van der Waals surface area contributed by atoms with E-state index in [1.165, 1.54) is 5.75 Å². The Morgan fingerprint density at radius 3 is 2.80 bits per heavy atom. The molecule has 0 amide bonds. The van der Waals surface area contributed by atoms with Gasteiger partial charge in [-0.05, 0) is 18.8 Å². The van der Waals surface area contributed by atoms with Crippen LogP contribution in [0.4, 0.5) is 0 Å². The summed E-state index contributed by atoms with van der Waals surface area (Å²) < 4.78 is 2.22. The molecule has 1 atom stereocenters. The number of halogens is 1. The predicted octanol–water partition coefficient (Wildman–Crippen LogP) is 3.70. The summed E-state index contributed by atoms with van der Waals surface area (Å²) >= 11 is 2.09. The summed E-state index contributed by atoms with van der Waals surface area (Å²) in [7, 11) is 0. The third-order valence-corrected chi connectivity index (χ3v) is 5.75. The molecule has 0 radical (unpaired) electrons. The number of imidazole rings is 1. The van der Waals surface area contributed by atoms with E-state index in [1.807, 2.05) is 6.20 Å². The van der Waals surface area contributed by atoms with Gasteiger partial charge in [0, 0.05) is 49.6 Å². The van der Waals surface area contributed by atoms with Crippen LogP contribution in [0.3, 0.4) is 0 Å². The fourth-order valence-electron chi connectivity index (χ4n) is 2.89. The van der Waals surface area contributed by atoms with Gasteiger partial charge in [-0.15, -0.1) is 24.0 Å². The molecule has 5 nitrogen and oxygen atoms in total. The minimum Gasteiger partial charge on any atom is -0.357 e. The molecule has 0 aromatic carbocycles. The highest BCUT2D eigenvalue weighted by molar-refractivity contribution is 14.0. The average Bonchev–Trinajstić information content (AvgIpc) is 2.98. The van der Waals surface area contributed by atoms with Crippen LogP contribution in [0.2, 0.25) is 0 Å². The molecular weight excluding hydrogens is 445 g/mol. The van der Waals surface area contributed by atoms with E-state index in [1.54, 1.807) is 0 Å². The van der Waals surface area contributed by atoms with Crippen molar-refractivity contribution in [2.24, 2.45) is 16.8 Å². The number of guanidine groups is 1. The highest BCUT2D eigenvalue weighted by Crippen LogP contribution is 2.24. The molecule has 1 N–H and O–H groups in total. The Morgan fingerprint density at radius 2 is 2.16 bits per heavy atom. The highest BCUT2D eigenvalue weighted by Gasteiger charge is 2.24. The first-order valence-electron chi connectivity index (χ1n) is 9.16. The molecule has 2 rings (SSSR count). The third kappa shape index (κ3) is 7.00. The van der Waals surface area contributed by atoms with E-state index < -0.39 is 0 Å². The second kappa shape index (κ2) is 11.3. The van der Waals surface area contributed by atoms with Crippen LogP contribution in [0.15, 0.2) is 17.4 Å². The first-order valence-corrected chi connectivity index (χ1v) is 10.2.